The highest BCUT2D eigenvalue weighted by molar-refractivity contribution is 6.39. The molecule has 2 N–H and O–H groups in total. The van der Waals surface area contributed by atoms with E-state index in [1.54, 1.807) is 0 Å². The number of carbonyl (C=O) groups excluding carboxylic acids is 2. The average molecular weight is 394 g/mol. The first-order valence-electron chi connectivity index (χ1n) is 7.79. The number of benzene rings is 1. The number of carbonyl (C=O) groups is 2. The van der Waals surface area contributed by atoms with Crippen molar-refractivity contribution in [3.8, 4) is 5.69 Å². The number of hydrogen-bond acceptors (Lipinski definition) is 6. The molecule has 0 bridgehead atoms. The third kappa shape index (κ3) is 4.13. The van der Waals surface area contributed by atoms with Crippen molar-refractivity contribution in [1.29, 1.82) is 0 Å². The molecule has 2 amide bonds. The fourth-order valence-electron chi connectivity index (χ4n) is 2.28. The molecule has 0 radical (unpaired) electrons. The number of aromatic nitrogens is 6. The summed E-state index contributed by atoms with van der Waals surface area (Å²) in [5, 5.41) is 18.8. The molecule has 0 aliphatic heterocycles. The van der Waals surface area contributed by atoms with E-state index in [4.69, 9.17) is 0 Å². The molecule has 2 aromatic heterocycles. The van der Waals surface area contributed by atoms with Gasteiger partial charge in [-0.05, 0) is 34.7 Å². The van der Waals surface area contributed by atoms with E-state index in [1.165, 1.54) is 36.0 Å². The molecule has 10 nitrogen and oxygen atoms in total. The van der Waals surface area contributed by atoms with Crippen molar-refractivity contribution in [1.82, 2.24) is 35.3 Å². The Balaban J connectivity index is 1.64. The van der Waals surface area contributed by atoms with Gasteiger partial charge in [0.2, 0.25) is 0 Å². The van der Waals surface area contributed by atoms with Gasteiger partial charge >= 0.3 is 11.8 Å². The van der Waals surface area contributed by atoms with Crippen molar-refractivity contribution in [3.05, 3.63) is 47.8 Å². The zero-order valence-electron chi connectivity index (χ0n) is 14.3. The minimum atomic E-state index is -2.92. The van der Waals surface area contributed by atoms with Gasteiger partial charge in [0, 0.05) is 13.2 Å². The molecular weight excluding hydrogens is 381 g/mol. The van der Waals surface area contributed by atoms with Crippen LogP contribution < -0.4 is 10.6 Å². The van der Waals surface area contributed by atoms with E-state index in [0.29, 0.717) is 5.69 Å². The maximum atomic E-state index is 13.0. The molecule has 0 unspecified atom stereocenters. The molecular formula is C15H13F3N8O2. The van der Waals surface area contributed by atoms with Crippen molar-refractivity contribution in [3.63, 3.8) is 0 Å². The molecule has 0 spiro atoms. The van der Waals surface area contributed by atoms with Crippen LogP contribution >= 0.6 is 0 Å². The third-order valence-electron chi connectivity index (χ3n) is 3.53. The molecule has 0 saturated heterocycles. The van der Waals surface area contributed by atoms with Gasteiger partial charge in [-0.3, -0.25) is 14.3 Å². The number of tetrazole rings is 1. The Bertz CT molecular complexity index is 999. The molecule has 3 aromatic rings. The Hall–Kier alpha value is -3.77. The second kappa shape index (κ2) is 7.85. The van der Waals surface area contributed by atoms with Gasteiger partial charge in [-0.25, -0.2) is 13.2 Å². The molecule has 1 aromatic carbocycles. The number of amides is 2. The van der Waals surface area contributed by atoms with Crippen LogP contribution in [0.5, 0.6) is 0 Å². The Morgan fingerprint density at radius 2 is 1.89 bits per heavy atom. The van der Waals surface area contributed by atoms with Crippen molar-refractivity contribution < 1.29 is 22.8 Å². The van der Waals surface area contributed by atoms with E-state index in [2.05, 4.69) is 31.3 Å². The molecule has 0 atom stereocenters. The van der Waals surface area contributed by atoms with E-state index >= 15 is 0 Å². The Morgan fingerprint density at radius 3 is 2.57 bits per heavy atom. The van der Waals surface area contributed by atoms with Gasteiger partial charge in [-0.1, -0.05) is 0 Å². The van der Waals surface area contributed by atoms with Gasteiger partial charge in [-0.15, -0.1) is 5.10 Å². The van der Waals surface area contributed by atoms with Crippen LogP contribution in [0.2, 0.25) is 0 Å². The number of hydrogen-bond donors (Lipinski definition) is 2. The average Bonchev–Trinajstić information content (AvgIpc) is 3.26. The summed E-state index contributed by atoms with van der Waals surface area (Å²) in [4.78, 5) is 23.9. The zero-order valence-corrected chi connectivity index (χ0v) is 14.3. The van der Waals surface area contributed by atoms with Crippen molar-refractivity contribution in [2.75, 3.05) is 5.32 Å². The van der Waals surface area contributed by atoms with Crippen LogP contribution in [0, 0.1) is 5.82 Å². The van der Waals surface area contributed by atoms with E-state index in [0.717, 1.165) is 10.9 Å². The summed E-state index contributed by atoms with van der Waals surface area (Å²) in [5.74, 6) is -2.52. The van der Waals surface area contributed by atoms with Gasteiger partial charge in [0.1, 0.15) is 5.82 Å². The fourth-order valence-corrected chi connectivity index (χ4v) is 2.28. The number of aryl methyl sites for hydroxylation is 1. The molecule has 28 heavy (non-hydrogen) atoms. The highest BCUT2D eigenvalue weighted by Crippen LogP contribution is 2.24. The van der Waals surface area contributed by atoms with Crippen molar-refractivity contribution in [2.24, 2.45) is 7.05 Å². The minimum Gasteiger partial charge on any atom is -0.340 e. The smallest absolute Gasteiger partial charge is 0.313 e. The summed E-state index contributed by atoms with van der Waals surface area (Å²) in [6.45, 7) is -0.231. The predicted molar refractivity (Wildman–Crippen MR) is 87.8 cm³/mol. The van der Waals surface area contributed by atoms with Gasteiger partial charge in [-0.2, -0.15) is 9.78 Å². The van der Waals surface area contributed by atoms with Gasteiger partial charge in [0.05, 0.1) is 17.9 Å². The van der Waals surface area contributed by atoms with Gasteiger partial charge < -0.3 is 10.6 Å². The highest BCUT2D eigenvalue weighted by Gasteiger charge is 2.22. The quantitative estimate of drug-likeness (QED) is 0.616. The summed E-state index contributed by atoms with van der Waals surface area (Å²) >= 11 is 0. The van der Waals surface area contributed by atoms with E-state index in [9.17, 15) is 22.8 Å². The van der Waals surface area contributed by atoms with E-state index < -0.39 is 29.8 Å². The first-order valence-corrected chi connectivity index (χ1v) is 7.79. The van der Waals surface area contributed by atoms with Crippen molar-refractivity contribution >= 4 is 17.5 Å². The molecule has 0 aliphatic carbocycles. The SMILES string of the molecule is Cn1cc(NC(=O)C(=O)NCc2nnnn2-c2ccc(F)cc2)c(C(F)F)n1. The molecule has 0 fully saturated rings. The number of nitrogens with zero attached hydrogens (tertiary/aromatic N) is 6. The Kier molecular flexibility index (Phi) is 5.33. The van der Waals surface area contributed by atoms with Crippen molar-refractivity contribution in [2.45, 2.75) is 13.0 Å². The first kappa shape index (κ1) is 19.0. The maximum absolute atomic E-state index is 13.0. The lowest BCUT2D eigenvalue weighted by Crippen LogP contribution is -2.35. The molecule has 3 rings (SSSR count). The van der Waals surface area contributed by atoms with Crippen LogP contribution in [-0.4, -0.2) is 41.8 Å². The second-order valence-corrected chi connectivity index (χ2v) is 5.52. The highest BCUT2D eigenvalue weighted by atomic mass is 19.3. The van der Waals surface area contributed by atoms with Crippen LogP contribution in [0.3, 0.4) is 0 Å². The molecule has 13 heteroatoms. The van der Waals surface area contributed by atoms with Gasteiger partial charge in [0.25, 0.3) is 6.43 Å². The van der Waals surface area contributed by atoms with E-state index in [1.807, 2.05) is 0 Å². The molecule has 0 aliphatic rings. The van der Waals surface area contributed by atoms with E-state index in [-0.39, 0.29) is 18.1 Å². The lowest BCUT2D eigenvalue weighted by atomic mass is 10.3. The first-order chi connectivity index (χ1) is 13.3. The maximum Gasteiger partial charge on any atom is 0.313 e. The molecule has 146 valence electrons. The van der Waals surface area contributed by atoms with Crippen LogP contribution in [0.25, 0.3) is 5.69 Å². The number of rotatable bonds is 5. The number of nitrogens with one attached hydrogen (secondary N) is 2. The van der Waals surface area contributed by atoms with Gasteiger partial charge in [0.15, 0.2) is 11.5 Å². The van der Waals surface area contributed by atoms with Crippen LogP contribution in [0.4, 0.5) is 18.9 Å². The summed E-state index contributed by atoms with van der Waals surface area (Å²) in [7, 11) is 1.40. The number of anilines is 1. The monoisotopic (exact) mass is 394 g/mol. The summed E-state index contributed by atoms with van der Waals surface area (Å²) in [5.41, 5.74) is -0.477. The largest absolute Gasteiger partial charge is 0.340 e. The molecule has 2 heterocycles. The Morgan fingerprint density at radius 1 is 1.18 bits per heavy atom. The zero-order chi connectivity index (χ0) is 20.3. The molecule has 0 saturated carbocycles. The minimum absolute atomic E-state index is 0.169. The fraction of sp³-hybridized carbons (Fsp3) is 0.200. The lowest BCUT2D eigenvalue weighted by Gasteiger charge is -2.07. The summed E-state index contributed by atoms with van der Waals surface area (Å²) < 4.78 is 41.1. The van der Waals surface area contributed by atoms with Crippen LogP contribution in [-0.2, 0) is 23.2 Å². The Labute approximate surface area is 155 Å². The number of alkyl halides is 2. The number of halogens is 3. The standard InChI is InChI=1S/C15H13F3N8O2/c1-25-7-10(12(22-25)13(17)18)20-15(28)14(27)19-6-11-21-23-24-26(11)9-4-2-8(16)3-5-9/h2-5,7,13H,6H2,1H3,(H,19,27)(H,20,28). The third-order valence-corrected chi connectivity index (χ3v) is 3.53. The topological polar surface area (TPSA) is 120 Å². The summed E-state index contributed by atoms with van der Waals surface area (Å²) in [6.07, 6.45) is -1.76. The lowest BCUT2D eigenvalue weighted by molar-refractivity contribution is -0.136. The van der Waals surface area contributed by atoms with Crippen LogP contribution in [0.1, 0.15) is 17.9 Å². The summed E-state index contributed by atoms with van der Waals surface area (Å²) in [6, 6.07) is 5.28. The van der Waals surface area contributed by atoms with Crippen LogP contribution in [0.15, 0.2) is 30.5 Å². The second-order valence-electron chi connectivity index (χ2n) is 5.52. The normalized spacial score (nSPS) is 10.9. The predicted octanol–water partition coefficient (Wildman–Crippen LogP) is 0.727.